The first kappa shape index (κ1) is 27.2. The number of aromatic nitrogens is 5. The number of anilines is 1. The van der Waals surface area contributed by atoms with Gasteiger partial charge in [-0.15, -0.1) is 10.2 Å². The van der Waals surface area contributed by atoms with Crippen LogP contribution in [0.4, 0.5) is 5.69 Å². The Balaban J connectivity index is 1.46. The lowest BCUT2D eigenvalue weighted by molar-refractivity contribution is -0.127. The monoisotopic (exact) mass is 561 g/mol. The van der Waals surface area contributed by atoms with Crippen LogP contribution in [0.5, 0.6) is 5.75 Å². The lowest BCUT2D eigenvalue weighted by atomic mass is 10.0. The Morgan fingerprint density at radius 2 is 1.88 bits per heavy atom. The summed E-state index contributed by atoms with van der Waals surface area (Å²) in [6, 6.07) is 16.3. The Labute approximate surface area is 236 Å². The van der Waals surface area contributed by atoms with Crippen LogP contribution in [-0.4, -0.2) is 63.4 Å². The van der Waals surface area contributed by atoms with Crippen molar-refractivity contribution in [1.29, 1.82) is 0 Å². The van der Waals surface area contributed by atoms with Gasteiger partial charge >= 0.3 is 0 Å². The fourth-order valence-electron chi connectivity index (χ4n) is 4.48. The third-order valence-corrected chi connectivity index (χ3v) is 6.76. The van der Waals surface area contributed by atoms with Crippen molar-refractivity contribution >= 4 is 29.1 Å². The second kappa shape index (κ2) is 12.7. The Hall–Kier alpha value is -4.35. The normalized spacial score (nSPS) is 15.4. The van der Waals surface area contributed by atoms with Gasteiger partial charge < -0.3 is 14.8 Å². The van der Waals surface area contributed by atoms with Gasteiger partial charge in [0.2, 0.25) is 11.7 Å². The van der Waals surface area contributed by atoms with Gasteiger partial charge in [-0.25, -0.2) is 0 Å². The molecule has 3 heterocycles. The molecule has 40 heavy (non-hydrogen) atoms. The molecule has 2 amide bonds. The molecule has 2 atom stereocenters. The van der Waals surface area contributed by atoms with Crippen LogP contribution in [0.1, 0.15) is 24.4 Å². The number of tetrazole rings is 1. The van der Waals surface area contributed by atoms with Crippen molar-refractivity contribution < 1.29 is 19.1 Å². The molecule has 0 aliphatic carbocycles. The van der Waals surface area contributed by atoms with Crippen molar-refractivity contribution in [1.82, 2.24) is 30.5 Å². The highest BCUT2D eigenvalue weighted by Gasteiger charge is 2.34. The van der Waals surface area contributed by atoms with Gasteiger partial charge in [0.25, 0.3) is 5.91 Å². The van der Waals surface area contributed by atoms with Crippen molar-refractivity contribution in [2.45, 2.75) is 31.5 Å². The van der Waals surface area contributed by atoms with E-state index in [4.69, 9.17) is 21.1 Å². The summed E-state index contributed by atoms with van der Waals surface area (Å²) in [4.78, 5) is 34.4. The highest BCUT2D eigenvalue weighted by molar-refractivity contribution is 6.30. The summed E-state index contributed by atoms with van der Waals surface area (Å²) < 4.78 is 11.0. The molecule has 5 rings (SSSR count). The van der Waals surface area contributed by atoms with Crippen LogP contribution in [-0.2, 0) is 20.9 Å². The van der Waals surface area contributed by atoms with Gasteiger partial charge in [0.05, 0.1) is 13.2 Å². The van der Waals surface area contributed by atoms with Crippen LogP contribution < -0.4 is 15.0 Å². The highest BCUT2D eigenvalue weighted by Crippen LogP contribution is 2.30. The summed E-state index contributed by atoms with van der Waals surface area (Å²) in [5.74, 6) is 0.198. The fraction of sp³-hybridized carbons (Fsp3) is 0.286. The lowest BCUT2D eigenvalue weighted by Gasteiger charge is -2.31. The predicted molar refractivity (Wildman–Crippen MR) is 148 cm³/mol. The molecule has 11 nitrogen and oxygen atoms in total. The number of ether oxygens (including phenoxy) is 2. The van der Waals surface area contributed by atoms with Gasteiger partial charge in [0, 0.05) is 41.8 Å². The first-order chi connectivity index (χ1) is 19.5. The number of pyridine rings is 1. The number of amides is 2. The van der Waals surface area contributed by atoms with Gasteiger partial charge in [-0.3, -0.25) is 19.5 Å². The number of nitrogens with zero attached hydrogens (tertiary/aromatic N) is 6. The Morgan fingerprint density at radius 1 is 1.12 bits per heavy atom. The van der Waals surface area contributed by atoms with E-state index in [-0.39, 0.29) is 18.6 Å². The molecule has 0 bridgehead atoms. The van der Waals surface area contributed by atoms with Crippen LogP contribution >= 0.6 is 11.6 Å². The largest absolute Gasteiger partial charge is 0.497 e. The van der Waals surface area contributed by atoms with E-state index >= 15 is 0 Å². The van der Waals surface area contributed by atoms with Crippen molar-refractivity contribution in [3.8, 4) is 17.1 Å². The number of hydrogen-bond acceptors (Lipinski definition) is 8. The summed E-state index contributed by atoms with van der Waals surface area (Å²) in [5.41, 5.74) is 1.80. The Kier molecular flexibility index (Phi) is 8.62. The third-order valence-electron chi connectivity index (χ3n) is 6.51. The van der Waals surface area contributed by atoms with Crippen LogP contribution in [0.3, 0.4) is 0 Å². The van der Waals surface area contributed by atoms with Gasteiger partial charge in [-0.2, -0.15) is 4.80 Å². The molecule has 1 aliphatic rings. The van der Waals surface area contributed by atoms with E-state index < -0.39 is 11.9 Å². The van der Waals surface area contributed by atoms with Crippen LogP contribution in [0, 0.1) is 0 Å². The van der Waals surface area contributed by atoms with Gasteiger partial charge in [-0.1, -0.05) is 11.6 Å². The first-order valence-corrected chi connectivity index (χ1v) is 13.2. The van der Waals surface area contributed by atoms with E-state index in [1.165, 1.54) is 9.70 Å². The van der Waals surface area contributed by atoms with Crippen molar-refractivity contribution in [2.75, 3.05) is 25.2 Å². The topological polar surface area (TPSA) is 124 Å². The minimum atomic E-state index is -0.996. The summed E-state index contributed by atoms with van der Waals surface area (Å²) in [5, 5.41) is 16.1. The zero-order valence-electron chi connectivity index (χ0n) is 21.8. The number of carbonyl (C=O) groups excluding carboxylic acids is 2. The molecule has 0 radical (unpaired) electrons. The van der Waals surface area contributed by atoms with E-state index in [1.54, 1.807) is 80.2 Å². The molecule has 0 unspecified atom stereocenters. The molecule has 1 N–H and O–H groups in total. The molecule has 1 saturated heterocycles. The van der Waals surface area contributed by atoms with E-state index in [0.29, 0.717) is 46.6 Å². The van der Waals surface area contributed by atoms with E-state index in [1.807, 2.05) is 0 Å². The average Bonchev–Trinajstić information content (AvgIpc) is 3.68. The maximum atomic E-state index is 14.0. The molecule has 2 aromatic heterocycles. The maximum Gasteiger partial charge on any atom is 0.251 e. The second-order valence-electron chi connectivity index (χ2n) is 9.18. The van der Waals surface area contributed by atoms with Crippen LogP contribution in [0.15, 0.2) is 73.1 Å². The molecule has 12 heteroatoms. The van der Waals surface area contributed by atoms with Crippen molar-refractivity contribution in [3.05, 3.63) is 83.6 Å². The SMILES string of the molecule is COc1ccc(N(C(=O)Cn2nnc(-c3ccc(Cl)cc3)n2)[C@H](C(=O)NC[C@@H]2CCCO2)c2ccncc2)cc1. The van der Waals surface area contributed by atoms with E-state index in [9.17, 15) is 9.59 Å². The van der Waals surface area contributed by atoms with Crippen molar-refractivity contribution in [3.63, 3.8) is 0 Å². The average molecular weight is 562 g/mol. The van der Waals surface area contributed by atoms with Crippen LogP contribution in [0.2, 0.25) is 5.02 Å². The minimum Gasteiger partial charge on any atom is -0.497 e. The first-order valence-electron chi connectivity index (χ1n) is 12.8. The molecule has 206 valence electrons. The number of benzene rings is 2. The highest BCUT2D eigenvalue weighted by atomic mass is 35.5. The number of carbonyl (C=O) groups is 2. The molecule has 1 fully saturated rings. The number of methoxy groups -OCH3 is 1. The van der Waals surface area contributed by atoms with E-state index in [0.717, 1.165) is 12.8 Å². The fourth-order valence-corrected chi connectivity index (χ4v) is 4.61. The standard InChI is InChI=1S/C28H28ClN7O4/c1-39-23-10-8-22(9-11-23)36(25(37)18-35-33-27(32-34-35)20-4-6-21(29)7-5-20)26(19-12-14-30-15-13-19)28(38)31-17-24-3-2-16-40-24/h4-15,24,26H,2-3,16-18H2,1H3,(H,31,38)/t24-,26-/m0/s1. The maximum absolute atomic E-state index is 14.0. The Morgan fingerprint density at radius 3 is 2.55 bits per heavy atom. The van der Waals surface area contributed by atoms with Crippen molar-refractivity contribution in [2.24, 2.45) is 0 Å². The number of halogens is 1. The smallest absolute Gasteiger partial charge is 0.251 e. The molecule has 1 aliphatic heterocycles. The summed E-state index contributed by atoms with van der Waals surface area (Å²) >= 11 is 5.99. The predicted octanol–water partition coefficient (Wildman–Crippen LogP) is 3.47. The zero-order chi connectivity index (χ0) is 27.9. The molecule has 2 aromatic carbocycles. The quantitative estimate of drug-likeness (QED) is 0.312. The van der Waals surface area contributed by atoms with Gasteiger partial charge in [0.1, 0.15) is 18.3 Å². The van der Waals surface area contributed by atoms with Crippen LogP contribution in [0.25, 0.3) is 11.4 Å². The molecule has 0 saturated carbocycles. The van der Waals surface area contributed by atoms with E-state index in [2.05, 4.69) is 25.7 Å². The molecular weight excluding hydrogens is 534 g/mol. The third kappa shape index (κ3) is 6.44. The minimum absolute atomic E-state index is 0.0576. The number of nitrogens with one attached hydrogen (secondary N) is 1. The van der Waals surface area contributed by atoms with Gasteiger partial charge in [-0.05, 0) is 84.3 Å². The van der Waals surface area contributed by atoms with Gasteiger partial charge in [0.15, 0.2) is 0 Å². The number of hydrogen-bond donors (Lipinski definition) is 1. The molecule has 4 aromatic rings. The summed E-state index contributed by atoms with van der Waals surface area (Å²) in [6.07, 6.45) is 4.94. The summed E-state index contributed by atoms with van der Waals surface area (Å²) in [7, 11) is 1.56. The second-order valence-corrected chi connectivity index (χ2v) is 9.61. The summed E-state index contributed by atoms with van der Waals surface area (Å²) in [6.45, 7) is 0.765. The molecule has 0 spiro atoms. The molecular formula is C28H28ClN7O4. The lowest BCUT2D eigenvalue weighted by Crippen LogP contribution is -2.46. The Bertz CT molecular complexity index is 1430. The number of rotatable bonds is 10. The zero-order valence-corrected chi connectivity index (χ0v) is 22.6.